The number of thioether (sulfide) groups is 1. The molecule has 0 bridgehead atoms. The monoisotopic (exact) mass is 391 g/mol. The van der Waals surface area contributed by atoms with E-state index in [2.05, 4.69) is 13.8 Å². The van der Waals surface area contributed by atoms with Gasteiger partial charge in [0, 0.05) is 15.5 Å². The van der Waals surface area contributed by atoms with Gasteiger partial charge in [0.25, 0.3) is 0 Å². The summed E-state index contributed by atoms with van der Waals surface area (Å²) in [4.78, 5) is 25.4. The summed E-state index contributed by atoms with van der Waals surface area (Å²) in [5, 5.41) is 11.0. The van der Waals surface area contributed by atoms with Crippen LogP contribution < -0.4 is 10.2 Å². The van der Waals surface area contributed by atoms with Gasteiger partial charge < -0.3 is 14.4 Å². The lowest BCUT2D eigenvalue weighted by Crippen LogP contribution is -2.16. The fourth-order valence-corrected chi connectivity index (χ4v) is 4.13. The highest BCUT2D eigenvalue weighted by Crippen LogP contribution is 2.35. The highest BCUT2D eigenvalue weighted by molar-refractivity contribution is 7.99. The zero-order chi connectivity index (χ0) is 19.0. The van der Waals surface area contributed by atoms with Gasteiger partial charge in [-0.2, -0.15) is 0 Å². The first kappa shape index (κ1) is 18.6. The SMILES string of the molecule is COc1c(Cl)ccc2c(=O)c3ccc(SC(C)C)cc3n(CC(=O)O)c12. The van der Waals surface area contributed by atoms with Crippen LogP contribution in [0.1, 0.15) is 13.8 Å². The molecule has 0 spiro atoms. The smallest absolute Gasteiger partial charge is 0.323 e. The molecular formula is C19H18ClNO4S. The van der Waals surface area contributed by atoms with Gasteiger partial charge in [-0.15, -0.1) is 11.8 Å². The number of fused-ring (bicyclic) bond motifs is 2. The van der Waals surface area contributed by atoms with Crippen molar-refractivity contribution in [2.24, 2.45) is 0 Å². The van der Waals surface area contributed by atoms with Gasteiger partial charge in [0.15, 0.2) is 11.2 Å². The molecule has 0 saturated carbocycles. The Balaban J connectivity index is 2.50. The summed E-state index contributed by atoms with van der Waals surface area (Å²) >= 11 is 7.87. The van der Waals surface area contributed by atoms with Crippen molar-refractivity contribution in [1.29, 1.82) is 0 Å². The van der Waals surface area contributed by atoms with E-state index in [1.807, 2.05) is 12.1 Å². The molecule has 0 aliphatic heterocycles. The molecule has 1 aromatic heterocycles. The van der Waals surface area contributed by atoms with Crippen LogP contribution in [0.3, 0.4) is 0 Å². The second-order valence-corrected chi connectivity index (χ2v) is 8.19. The van der Waals surface area contributed by atoms with Crippen molar-refractivity contribution in [1.82, 2.24) is 4.57 Å². The second kappa shape index (κ2) is 7.21. The third-order valence-corrected chi connectivity index (χ3v) is 5.27. The molecule has 0 aliphatic rings. The van der Waals surface area contributed by atoms with Crippen molar-refractivity contribution >= 4 is 51.1 Å². The molecule has 3 aromatic rings. The Morgan fingerprint density at radius 1 is 1.27 bits per heavy atom. The summed E-state index contributed by atoms with van der Waals surface area (Å²) < 4.78 is 6.98. The minimum absolute atomic E-state index is 0.173. The maximum atomic E-state index is 13.0. The van der Waals surface area contributed by atoms with Crippen LogP contribution in [0.5, 0.6) is 5.75 Å². The number of halogens is 1. The van der Waals surface area contributed by atoms with Crippen LogP contribution in [0.2, 0.25) is 5.02 Å². The average molecular weight is 392 g/mol. The number of aliphatic carboxylic acids is 1. The normalized spacial score (nSPS) is 11.4. The summed E-state index contributed by atoms with van der Waals surface area (Å²) in [7, 11) is 1.45. The fraction of sp³-hybridized carbons (Fsp3) is 0.263. The number of carbonyl (C=O) groups is 1. The first-order valence-electron chi connectivity index (χ1n) is 8.04. The van der Waals surface area contributed by atoms with E-state index in [0.29, 0.717) is 37.8 Å². The standard InChI is InChI=1S/C19H18ClNO4S/c1-10(2)26-11-4-5-12-15(8-11)21(9-16(22)23)17-13(18(12)24)6-7-14(20)19(17)25-3/h4-8,10H,9H2,1-3H3,(H,22,23). The number of carboxylic acid groups (broad SMARTS) is 1. The Bertz CT molecular complexity index is 1070. The predicted octanol–water partition coefficient (Wildman–Crippen LogP) is 4.40. The Hall–Kier alpha value is -2.18. The minimum Gasteiger partial charge on any atom is -0.493 e. The first-order valence-corrected chi connectivity index (χ1v) is 9.30. The van der Waals surface area contributed by atoms with Crippen LogP contribution in [-0.2, 0) is 11.3 Å². The summed E-state index contributed by atoms with van der Waals surface area (Å²) in [6.07, 6.45) is 0. The van der Waals surface area contributed by atoms with E-state index in [1.54, 1.807) is 34.5 Å². The third-order valence-electron chi connectivity index (χ3n) is 3.97. The van der Waals surface area contributed by atoms with Crippen molar-refractivity contribution in [3.63, 3.8) is 0 Å². The van der Waals surface area contributed by atoms with E-state index >= 15 is 0 Å². The largest absolute Gasteiger partial charge is 0.493 e. The number of carboxylic acids is 1. The molecule has 0 unspecified atom stereocenters. The van der Waals surface area contributed by atoms with Crippen molar-refractivity contribution in [2.75, 3.05) is 7.11 Å². The second-order valence-electron chi connectivity index (χ2n) is 6.13. The molecule has 5 nitrogen and oxygen atoms in total. The maximum Gasteiger partial charge on any atom is 0.323 e. The van der Waals surface area contributed by atoms with Gasteiger partial charge in [0.2, 0.25) is 0 Å². The number of hydrogen-bond acceptors (Lipinski definition) is 4. The van der Waals surface area contributed by atoms with Gasteiger partial charge in [0.05, 0.1) is 28.6 Å². The molecule has 136 valence electrons. The maximum absolute atomic E-state index is 13.0. The molecule has 0 amide bonds. The van der Waals surface area contributed by atoms with E-state index < -0.39 is 5.97 Å². The van der Waals surface area contributed by atoms with Gasteiger partial charge in [-0.1, -0.05) is 25.4 Å². The minimum atomic E-state index is -1.01. The predicted molar refractivity (Wildman–Crippen MR) is 106 cm³/mol. The van der Waals surface area contributed by atoms with Crippen molar-refractivity contribution < 1.29 is 14.6 Å². The van der Waals surface area contributed by atoms with Crippen molar-refractivity contribution in [3.8, 4) is 5.75 Å². The molecule has 0 atom stereocenters. The van der Waals surface area contributed by atoms with Crippen LogP contribution in [0.15, 0.2) is 40.0 Å². The molecule has 0 saturated heterocycles. The van der Waals surface area contributed by atoms with Crippen molar-refractivity contribution in [3.05, 3.63) is 45.6 Å². The van der Waals surface area contributed by atoms with Gasteiger partial charge in [-0.05, 0) is 30.3 Å². The van der Waals surface area contributed by atoms with Crippen LogP contribution in [0, 0.1) is 0 Å². The number of pyridine rings is 1. The first-order chi connectivity index (χ1) is 12.3. The lowest BCUT2D eigenvalue weighted by atomic mass is 10.1. The van der Waals surface area contributed by atoms with E-state index in [0.717, 1.165) is 4.90 Å². The molecule has 1 heterocycles. The van der Waals surface area contributed by atoms with Crippen LogP contribution in [-0.4, -0.2) is 28.0 Å². The molecule has 1 N–H and O–H groups in total. The number of ether oxygens (including phenoxy) is 1. The van der Waals surface area contributed by atoms with Crippen LogP contribution in [0.4, 0.5) is 0 Å². The molecule has 0 fully saturated rings. The topological polar surface area (TPSA) is 68.5 Å². The van der Waals surface area contributed by atoms with Crippen molar-refractivity contribution in [2.45, 2.75) is 30.5 Å². The molecule has 0 aliphatic carbocycles. The van der Waals surface area contributed by atoms with Crippen LogP contribution in [0.25, 0.3) is 21.8 Å². The van der Waals surface area contributed by atoms with E-state index in [-0.39, 0.29) is 12.0 Å². The number of methoxy groups -OCH3 is 1. The summed E-state index contributed by atoms with van der Waals surface area (Å²) in [5.41, 5.74) is 0.774. The average Bonchev–Trinajstić information content (AvgIpc) is 2.57. The molecule has 3 rings (SSSR count). The molecule has 2 aromatic carbocycles. The lowest BCUT2D eigenvalue weighted by molar-refractivity contribution is -0.137. The van der Waals surface area contributed by atoms with Gasteiger partial charge in [-0.25, -0.2) is 0 Å². The number of nitrogens with zero attached hydrogens (tertiary/aromatic N) is 1. The summed E-state index contributed by atoms with van der Waals surface area (Å²) in [6.45, 7) is 3.84. The quantitative estimate of drug-likeness (QED) is 0.515. The number of aromatic nitrogens is 1. The Morgan fingerprint density at radius 2 is 1.96 bits per heavy atom. The Kier molecular flexibility index (Phi) is 5.16. The third kappa shape index (κ3) is 3.27. The zero-order valence-corrected chi connectivity index (χ0v) is 16.1. The van der Waals surface area contributed by atoms with E-state index in [4.69, 9.17) is 16.3 Å². The summed E-state index contributed by atoms with van der Waals surface area (Å²) in [5.74, 6) is -0.716. The van der Waals surface area contributed by atoms with Gasteiger partial charge >= 0.3 is 5.97 Å². The zero-order valence-electron chi connectivity index (χ0n) is 14.6. The Morgan fingerprint density at radius 3 is 2.58 bits per heavy atom. The number of benzene rings is 2. The van der Waals surface area contributed by atoms with Gasteiger partial charge in [-0.3, -0.25) is 9.59 Å². The van der Waals surface area contributed by atoms with Crippen LogP contribution >= 0.6 is 23.4 Å². The highest BCUT2D eigenvalue weighted by Gasteiger charge is 2.19. The van der Waals surface area contributed by atoms with Gasteiger partial charge in [0.1, 0.15) is 6.54 Å². The number of rotatable bonds is 5. The molecule has 26 heavy (non-hydrogen) atoms. The fourth-order valence-electron chi connectivity index (χ4n) is 3.03. The molecule has 0 radical (unpaired) electrons. The molecule has 7 heteroatoms. The lowest BCUT2D eigenvalue weighted by Gasteiger charge is -2.17. The van der Waals surface area contributed by atoms with E-state index in [1.165, 1.54) is 7.11 Å². The van der Waals surface area contributed by atoms with E-state index in [9.17, 15) is 14.7 Å². The summed E-state index contributed by atoms with van der Waals surface area (Å²) in [6, 6.07) is 8.69. The molecular weight excluding hydrogens is 374 g/mol. The number of hydrogen-bond donors (Lipinski definition) is 1. The Labute approximate surface area is 159 Å². The highest BCUT2D eigenvalue weighted by atomic mass is 35.5.